The number of anilines is 2. The molecule has 0 fully saturated rings. The maximum atomic E-state index is 12.4. The minimum atomic E-state index is -0.265. The molecule has 0 saturated carbocycles. The third-order valence-electron chi connectivity index (χ3n) is 4.65. The highest BCUT2D eigenvalue weighted by atomic mass is 35.5. The van der Waals surface area contributed by atoms with Crippen LogP contribution in [-0.4, -0.2) is 26.0 Å². The lowest BCUT2D eigenvalue weighted by Crippen LogP contribution is -2.42. The van der Waals surface area contributed by atoms with E-state index in [9.17, 15) is 4.79 Å². The van der Waals surface area contributed by atoms with E-state index in [0.717, 1.165) is 27.8 Å². The summed E-state index contributed by atoms with van der Waals surface area (Å²) in [6.45, 7) is 6.18. The number of nitrogens with one attached hydrogen (secondary N) is 2. The first kappa shape index (κ1) is 20.9. The summed E-state index contributed by atoms with van der Waals surface area (Å²) in [5, 5.41) is 7.86. The standard InChI is InChI=1S/C24H24ClN5O/c1-24(2,3)29-22(31)15-30-13-11-19-18(8-5-9-21(19)30)20-10-12-26-23(28-20)27-17-7-4-6-16(25)14-17/h4-14H,15H2,1-3H3,(H,29,31)(H,26,27,28). The molecule has 0 aliphatic rings. The number of carbonyl (C=O) groups is 1. The molecule has 0 radical (unpaired) electrons. The maximum absolute atomic E-state index is 12.4. The Morgan fingerprint density at radius 3 is 2.68 bits per heavy atom. The van der Waals surface area contributed by atoms with Gasteiger partial charge >= 0.3 is 0 Å². The van der Waals surface area contributed by atoms with E-state index in [1.807, 2.05) is 86.1 Å². The Morgan fingerprint density at radius 2 is 1.90 bits per heavy atom. The van der Waals surface area contributed by atoms with Crippen LogP contribution < -0.4 is 10.6 Å². The van der Waals surface area contributed by atoms with Crippen molar-refractivity contribution in [3.05, 3.63) is 72.0 Å². The molecule has 7 heteroatoms. The van der Waals surface area contributed by atoms with Crippen LogP contribution in [0.1, 0.15) is 20.8 Å². The van der Waals surface area contributed by atoms with Gasteiger partial charge in [-0.3, -0.25) is 4.79 Å². The number of rotatable bonds is 5. The van der Waals surface area contributed by atoms with Gasteiger partial charge in [0.1, 0.15) is 6.54 Å². The van der Waals surface area contributed by atoms with Crippen LogP contribution in [-0.2, 0) is 11.3 Å². The first-order chi connectivity index (χ1) is 14.8. The van der Waals surface area contributed by atoms with E-state index >= 15 is 0 Å². The number of hydrogen-bond donors (Lipinski definition) is 2. The average molecular weight is 434 g/mol. The van der Waals surface area contributed by atoms with Crippen LogP contribution in [0.5, 0.6) is 0 Å². The van der Waals surface area contributed by atoms with E-state index in [-0.39, 0.29) is 18.0 Å². The maximum Gasteiger partial charge on any atom is 0.240 e. The molecule has 0 aliphatic carbocycles. The molecule has 0 atom stereocenters. The Hall–Kier alpha value is -3.38. The molecule has 2 N–H and O–H groups in total. The average Bonchev–Trinajstić information content (AvgIpc) is 3.09. The van der Waals surface area contributed by atoms with E-state index in [4.69, 9.17) is 11.6 Å². The van der Waals surface area contributed by atoms with Gasteiger partial charge in [0.25, 0.3) is 0 Å². The number of amides is 1. The molecule has 31 heavy (non-hydrogen) atoms. The fourth-order valence-corrected chi connectivity index (χ4v) is 3.65. The predicted molar refractivity (Wildman–Crippen MR) is 126 cm³/mol. The Morgan fingerprint density at radius 1 is 1.10 bits per heavy atom. The van der Waals surface area contributed by atoms with Crippen LogP contribution in [0.25, 0.3) is 22.2 Å². The molecular formula is C24H24ClN5O. The van der Waals surface area contributed by atoms with Gasteiger partial charge in [0.2, 0.25) is 11.9 Å². The smallest absolute Gasteiger partial charge is 0.240 e. The van der Waals surface area contributed by atoms with Crippen molar-refractivity contribution in [2.75, 3.05) is 5.32 Å². The van der Waals surface area contributed by atoms with E-state index in [1.165, 1.54) is 0 Å². The Balaban J connectivity index is 1.63. The molecule has 0 aliphatic heterocycles. The van der Waals surface area contributed by atoms with Gasteiger partial charge < -0.3 is 15.2 Å². The lowest BCUT2D eigenvalue weighted by Gasteiger charge is -2.20. The summed E-state index contributed by atoms with van der Waals surface area (Å²) in [6, 6.07) is 17.3. The molecule has 0 bridgehead atoms. The van der Waals surface area contributed by atoms with Crippen molar-refractivity contribution in [3.63, 3.8) is 0 Å². The quantitative estimate of drug-likeness (QED) is 0.441. The first-order valence-electron chi connectivity index (χ1n) is 10.0. The summed E-state index contributed by atoms with van der Waals surface area (Å²) in [6.07, 6.45) is 3.66. The lowest BCUT2D eigenvalue weighted by molar-refractivity contribution is -0.123. The lowest BCUT2D eigenvalue weighted by atomic mass is 10.1. The monoisotopic (exact) mass is 433 g/mol. The second kappa shape index (κ2) is 8.40. The van der Waals surface area contributed by atoms with Crippen molar-refractivity contribution in [2.45, 2.75) is 32.9 Å². The largest absolute Gasteiger partial charge is 0.350 e. The number of carbonyl (C=O) groups excluding carboxylic acids is 1. The Bertz CT molecular complexity index is 1240. The molecule has 0 saturated heterocycles. The molecule has 2 heterocycles. The van der Waals surface area contributed by atoms with Gasteiger partial charge in [0.15, 0.2) is 0 Å². The van der Waals surface area contributed by atoms with E-state index in [0.29, 0.717) is 11.0 Å². The highest BCUT2D eigenvalue weighted by Crippen LogP contribution is 2.29. The third kappa shape index (κ3) is 5.03. The van der Waals surface area contributed by atoms with Crippen molar-refractivity contribution in [3.8, 4) is 11.3 Å². The van der Waals surface area contributed by atoms with Crippen molar-refractivity contribution >= 4 is 40.0 Å². The summed E-state index contributed by atoms with van der Waals surface area (Å²) in [4.78, 5) is 21.4. The Kier molecular flexibility index (Phi) is 5.65. The number of nitrogens with zero attached hydrogens (tertiary/aromatic N) is 3. The molecule has 0 unspecified atom stereocenters. The second-order valence-corrected chi connectivity index (χ2v) is 8.82. The summed E-state index contributed by atoms with van der Waals surface area (Å²) in [7, 11) is 0. The number of hydrogen-bond acceptors (Lipinski definition) is 4. The number of fused-ring (bicyclic) bond motifs is 1. The van der Waals surface area contributed by atoms with E-state index < -0.39 is 0 Å². The third-order valence-corrected chi connectivity index (χ3v) is 4.89. The van der Waals surface area contributed by atoms with Crippen molar-refractivity contribution in [1.29, 1.82) is 0 Å². The van der Waals surface area contributed by atoms with Crippen LogP contribution in [0.15, 0.2) is 67.0 Å². The van der Waals surface area contributed by atoms with E-state index in [2.05, 4.69) is 20.6 Å². The highest BCUT2D eigenvalue weighted by Gasteiger charge is 2.16. The van der Waals surface area contributed by atoms with Crippen LogP contribution in [0, 0.1) is 0 Å². The minimum Gasteiger partial charge on any atom is -0.350 e. The van der Waals surface area contributed by atoms with Crippen molar-refractivity contribution in [1.82, 2.24) is 19.9 Å². The van der Waals surface area contributed by atoms with Gasteiger partial charge in [0.05, 0.1) is 5.69 Å². The topological polar surface area (TPSA) is 71.8 Å². The van der Waals surface area contributed by atoms with Crippen molar-refractivity contribution < 1.29 is 4.79 Å². The Labute approximate surface area is 186 Å². The predicted octanol–water partition coefficient (Wildman–Crippen LogP) is 5.41. The molecule has 2 aromatic heterocycles. The molecule has 4 rings (SSSR count). The number of aromatic nitrogens is 3. The van der Waals surface area contributed by atoms with Crippen LogP contribution in [0.2, 0.25) is 5.02 Å². The number of benzene rings is 2. The molecule has 2 aromatic carbocycles. The van der Waals surface area contributed by atoms with Gasteiger partial charge in [-0.25, -0.2) is 9.97 Å². The highest BCUT2D eigenvalue weighted by molar-refractivity contribution is 6.30. The summed E-state index contributed by atoms with van der Waals surface area (Å²) in [5.41, 5.74) is 3.30. The normalized spacial score (nSPS) is 11.5. The first-order valence-corrected chi connectivity index (χ1v) is 10.4. The summed E-state index contributed by atoms with van der Waals surface area (Å²) in [5.74, 6) is 0.464. The molecular weight excluding hydrogens is 410 g/mol. The molecule has 0 spiro atoms. The molecule has 6 nitrogen and oxygen atoms in total. The zero-order valence-electron chi connectivity index (χ0n) is 17.7. The zero-order chi connectivity index (χ0) is 22.0. The molecule has 4 aromatic rings. The zero-order valence-corrected chi connectivity index (χ0v) is 18.4. The van der Waals surface area contributed by atoms with Crippen LogP contribution in [0.3, 0.4) is 0 Å². The van der Waals surface area contributed by atoms with Gasteiger partial charge in [-0.1, -0.05) is 29.8 Å². The van der Waals surface area contributed by atoms with Gasteiger partial charge in [-0.05, 0) is 57.2 Å². The molecule has 158 valence electrons. The molecule has 1 amide bonds. The van der Waals surface area contributed by atoms with Gasteiger partial charge in [0, 0.05) is 45.1 Å². The van der Waals surface area contributed by atoms with Crippen LogP contribution in [0.4, 0.5) is 11.6 Å². The number of halogens is 1. The minimum absolute atomic E-state index is 0.0227. The SMILES string of the molecule is CC(C)(C)NC(=O)Cn1ccc2c(-c3ccnc(Nc4cccc(Cl)c4)n3)cccc21. The fourth-order valence-electron chi connectivity index (χ4n) is 3.46. The van der Waals surface area contributed by atoms with E-state index in [1.54, 1.807) is 6.20 Å². The summed E-state index contributed by atoms with van der Waals surface area (Å²) < 4.78 is 1.95. The second-order valence-electron chi connectivity index (χ2n) is 8.38. The van der Waals surface area contributed by atoms with Gasteiger partial charge in [-0.15, -0.1) is 0 Å². The van der Waals surface area contributed by atoms with Crippen molar-refractivity contribution in [2.24, 2.45) is 0 Å². The fraction of sp³-hybridized carbons (Fsp3) is 0.208. The summed E-state index contributed by atoms with van der Waals surface area (Å²) >= 11 is 6.07. The van der Waals surface area contributed by atoms with Crippen LogP contribution >= 0.6 is 11.6 Å². The van der Waals surface area contributed by atoms with Gasteiger partial charge in [-0.2, -0.15) is 0 Å².